The van der Waals surface area contributed by atoms with Crippen LogP contribution in [0.3, 0.4) is 0 Å². The van der Waals surface area contributed by atoms with E-state index in [4.69, 9.17) is 4.42 Å². The van der Waals surface area contributed by atoms with Gasteiger partial charge in [-0.15, -0.1) is 0 Å². The monoisotopic (exact) mass is 382 g/mol. The van der Waals surface area contributed by atoms with Crippen LogP contribution in [0.5, 0.6) is 0 Å². The highest BCUT2D eigenvalue weighted by molar-refractivity contribution is 5.96. The fraction of sp³-hybridized carbons (Fsp3) is 0.300. The third-order valence-corrected chi connectivity index (χ3v) is 4.97. The lowest BCUT2D eigenvalue weighted by atomic mass is 10.0. The van der Waals surface area contributed by atoms with Crippen LogP contribution in [0, 0.1) is 5.82 Å². The van der Waals surface area contributed by atoms with Gasteiger partial charge in [0.2, 0.25) is 5.91 Å². The van der Waals surface area contributed by atoms with Gasteiger partial charge in [-0.1, -0.05) is 0 Å². The molecule has 0 radical (unpaired) electrons. The molecule has 3 aromatic heterocycles. The van der Waals surface area contributed by atoms with Gasteiger partial charge in [-0.25, -0.2) is 4.39 Å². The first-order valence-corrected chi connectivity index (χ1v) is 9.05. The molecule has 1 unspecified atom stereocenters. The molecule has 2 amide bonds. The maximum Gasteiger partial charge on any atom is 0.289 e. The van der Waals surface area contributed by atoms with Gasteiger partial charge in [-0.05, 0) is 37.1 Å². The number of furan rings is 1. The molecule has 7 nitrogen and oxygen atoms in total. The van der Waals surface area contributed by atoms with Crippen LogP contribution in [0.15, 0.2) is 47.4 Å². The molecule has 0 aromatic carbocycles. The first kappa shape index (κ1) is 18.1. The lowest BCUT2D eigenvalue weighted by Crippen LogP contribution is -2.40. The molecule has 0 saturated carbocycles. The van der Waals surface area contributed by atoms with Gasteiger partial charge in [0.1, 0.15) is 11.4 Å². The van der Waals surface area contributed by atoms with Crippen LogP contribution in [0.1, 0.15) is 35.4 Å². The molecule has 1 saturated heterocycles. The summed E-state index contributed by atoms with van der Waals surface area (Å²) in [5.74, 6) is -1.18. The summed E-state index contributed by atoms with van der Waals surface area (Å²) in [4.78, 5) is 34.6. The van der Waals surface area contributed by atoms with Crippen molar-refractivity contribution in [2.24, 2.45) is 0 Å². The Labute approximate surface area is 160 Å². The van der Waals surface area contributed by atoms with E-state index in [2.05, 4.69) is 15.3 Å². The van der Waals surface area contributed by atoms with E-state index in [-0.39, 0.29) is 23.6 Å². The van der Waals surface area contributed by atoms with Crippen molar-refractivity contribution in [2.75, 3.05) is 13.1 Å². The predicted molar refractivity (Wildman–Crippen MR) is 99.1 cm³/mol. The van der Waals surface area contributed by atoms with E-state index in [0.29, 0.717) is 30.7 Å². The summed E-state index contributed by atoms with van der Waals surface area (Å²) < 4.78 is 18.9. The average molecular weight is 382 g/mol. The standard InChI is InChI=1S/C20H19FN4O3/c1-12(13-6-15(21)10-23-8-13)19(26)24-16-3-5-25(11-16)20(27)18-7-14-9-22-4-2-17(14)28-18/h2,4,6-10,12,16H,3,5,11H2,1H3,(H,24,26)/t12?,16-/m0/s1. The van der Waals surface area contributed by atoms with Crippen molar-refractivity contribution in [1.29, 1.82) is 0 Å². The van der Waals surface area contributed by atoms with Crippen molar-refractivity contribution in [3.63, 3.8) is 0 Å². The van der Waals surface area contributed by atoms with E-state index in [9.17, 15) is 14.0 Å². The predicted octanol–water partition coefficient (Wildman–Crippen LogP) is 2.50. The number of halogens is 1. The smallest absolute Gasteiger partial charge is 0.289 e. The molecule has 8 heteroatoms. The number of carbonyl (C=O) groups is 2. The van der Waals surface area contributed by atoms with E-state index < -0.39 is 11.7 Å². The fourth-order valence-corrected chi connectivity index (χ4v) is 3.35. The molecule has 3 aromatic rings. The minimum atomic E-state index is -0.532. The topological polar surface area (TPSA) is 88.3 Å². The van der Waals surface area contributed by atoms with Crippen LogP contribution in [-0.4, -0.2) is 45.8 Å². The lowest BCUT2D eigenvalue weighted by Gasteiger charge is -2.18. The maximum absolute atomic E-state index is 13.3. The molecule has 28 heavy (non-hydrogen) atoms. The van der Waals surface area contributed by atoms with Gasteiger partial charge in [0.05, 0.1) is 12.1 Å². The van der Waals surface area contributed by atoms with Crippen LogP contribution in [0.2, 0.25) is 0 Å². The molecule has 4 heterocycles. The van der Waals surface area contributed by atoms with Crippen molar-refractivity contribution < 1.29 is 18.4 Å². The number of hydrogen-bond donors (Lipinski definition) is 1. The molecule has 0 aliphatic carbocycles. The Morgan fingerprint density at radius 3 is 2.93 bits per heavy atom. The summed E-state index contributed by atoms with van der Waals surface area (Å²) in [6.07, 6.45) is 6.48. The van der Waals surface area contributed by atoms with E-state index in [1.807, 2.05) is 0 Å². The van der Waals surface area contributed by atoms with Crippen molar-refractivity contribution in [3.8, 4) is 0 Å². The molecule has 1 aliphatic heterocycles. The number of pyridine rings is 2. The Hall–Kier alpha value is -3.29. The average Bonchev–Trinajstić information content (AvgIpc) is 3.33. The molecule has 144 valence electrons. The zero-order chi connectivity index (χ0) is 19.7. The number of fused-ring (bicyclic) bond motifs is 1. The summed E-state index contributed by atoms with van der Waals surface area (Å²) in [5, 5.41) is 3.71. The maximum atomic E-state index is 13.3. The Morgan fingerprint density at radius 1 is 1.29 bits per heavy atom. The van der Waals surface area contributed by atoms with E-state index >= 15 is 0 Å². The van der Waals surface area contributed by atoms with Crippen molar-refractivity contribution in [3.05, 3.63) is 60.1 Å². The highest BCUT2D eigenvalue weighted by Crippen LogP contribution is 2.22. The third-order valence-electron chi connectivity index (χ3n) is 4.97. The molecule has 1 aliphatic rings. The molecular weight excluding hydrogens is 363 g/mol. The normalized spacial score (nSPS) is 17.6. The van der Waals surface area contributed by atoms with Crippen LogP contribution in [-0.2, 0) is 4.79 Å². The van der Waals surface area contributed by atoms with Gasteiger partial charge in [-0.3, -0.25) is 19.6 Å². The summed E-state index contributed by atoms with van der Waals surface area (Å²) in [6.45, 7) is 2.62. The zero-order valence-electron chi connectivity index (χ0n) is 15.3. The highest BCUT2D eigenvalue weighted by Gasteiger charge is 2.30. The Balaban J connectivity index is 1.38. The second kappa shape index (κ2) is 7.38. The fourth-order valence-electron chi connectivity index (χ4n) is 3.35. The van der Waals surface area contributed by atoms with E-state index in [0.717, 1.165) is 11.6 Å². The van der Waals surface area contributed by atoms with Gasteiger partial charge in [0, 0.05) is 43.1 Å². The van der Waals surface area contributed by atoms with Crippen LogP contribution < -0.4 is 5.32 Å². The molecular formula is C20H19FN4O3. The SMILES string of the molecule is CC(C(=O)N[C@H]1CCN(C(=O)c2cc3cnccc3o2)C1)c1cncc(F)c1. The van der Waals surface area contributed by atoms with Gasteiger partial charge < -0.3 is 14.6 Å². The first-order chi connectivity index (χ1) is 13.5. The second-order valence-corrected chi connectivity index (χ2v) is 6.93. The number of nitrogens with zero attached hydrogens (tertiary/aromatic N) is 3. The molecule has 0 spiro atoms. The summed E-state index contributed by atoms with van der Waals surface area (Å²) in [5.41, 5.74) is 1.12. The highest BCUT2D eigenvalue weighted by atomic mass is 19.1. The number of nitrogens with one attached hydrogen (secondary N) is 1. The number of likely N-dealkylation sites (tertiary alicyclic amines) is 1. The van der Waals surface area contributed by atoms with E-state index in [1.165, 1.54) is 12.3 Å². The minimum Gasteiger partial charge on any atom is -0.451 e. The van der Waals surface area contributed by atoms with Gasteiger partial charge in [0.15, 0.2) is 5.76 Å². The molecule has 1 N–H and O–H groups in total. The largest absolute Gasteiger partial charge is 0.451 e. The molecule has 0 bridgehead atoms. The quantitative estimate of drug-likeness (QED) is 0.749. The van der Waals surface area contributed by atoms with Gasteiger partial charge in [-0.2, -0.15) is 0 Å². The van der Waals surface area contributed by atoms with Crippen molar-refractivity contribution >= 4 is 22.8 Å². The van der Waals surface area contributed by atoms with Crippen LogP contribution >= 0.6 is 0 Å². The molecule has 1 fully saturated rings. The zero-order valence-corrected chi connectivity index (χ0v) is 15.3. The number of amides is 2. The summed E-state index contributed by atoms with van der Waals surface area (Å²) in [7, 11) is 0. The number of carbonyl (C=O) groups excluding carboxylic acids is 2. The minimum absolute atomic E-state index is 0.161. The number of hydrogen-bond acceptors (Lipinski definition) is 5. The second-order valence-electron chi connectivity index (χ2n) is 6.93. The molecule has 4 rings (SSSR count). The van der Waals surface area contributed by atoms with Crippen LogP contribution in [0.4, 0.5) is 4.39 Å². The summed E-state index contributed by atoms with van der Waals surface area (Å²) in [6, 6.07) is 4.53. The van der Waals surface area contributed by atoms with Crippen molar-refractivity contribution in [2.45, 2.75) is 25.3 Å². The third kappa shape index (κ3) is 3.58. The van der Waals surface area contributed by atoms with Gasteiger partial charge in [0.25, 0.3) is 5.91 Å². The lowest BCUT2D eigenvalue weighted by molar-refractivity contribution is -0.122. The first-order valence-electron chi connectivity index (χ1n) is 9.05. The Bertz CT molecular complexity index is 1000. The molecule has 2 atom stereocenters. The van der Waals surface area contributed by atoms with E-state index in [1.54, 1.807) is 36.4 Å². The summed E-state index contributed by atoms with van der Waals surface area (Å²) >= 11 is 0. The Morgan fingerprint density at radius 2 is 2.14 bits per heavy atom. The number of rotatable bonds is 4. The Kier molecular flexibility index (Phi) is 4.77. The number of aromatic nitrogens is 2. The van der Waals surface area contributed by atoms with Crippen LogP contribution in [0.25, 0.3) is 11.0 Å². The van der Waals surface area contributed by atoms with Crippen molar-refractivity contribution in [1.82, 2.24) is 20.2 Å². The van der Waals surface area contributed by atoms with Gasteiger partial charge >= 0.3 is 0 Å².